The molecule has 0 fully saturated rings. The van der Waals surface area contributed by atoms with Crippen molar-refractivity contribution in [1.82, 2.24) is 14.5 Å². The highest BCUT2D eigenvalue weighted by atomic mass is 35.5. The Morgan fingerprint density at radius 1 is 1.09 bits per heavy atom. The predicted octanol–water partition coefficient (Wildman–Crippen LogP) is 5.25. The normalized spacial score (nSPS) is 11.2. The van der Waals surface area contributed by atoms with Crippen LogP contribution in [-0.4, -0.2) is 25.5 Å². The van der Waals surface area contributed by atoms with Gasteiger partial charge in [0.1, 0.15) is 5.75 Å². The summed E-state index contributed by atoms with van der Waals surface area (Å²) in [5, 5.41) is 13.3. The highest BCUT2D eigenvalue weighted by Gasteiger charge is 2.19. The summed E-state index contributed by atoms with van der Waals surface area (Å²) in [4.78, 5) is 32.5. The number of hydrogen-bond donors (Lipinski definition) is 2. The Labute approximate surface area is 197 Å². The SMILES string of the molecule is O=C(c1cccc2ccccc12)n1cc(Cc2c(O)cnc(=S)[nH]c2=O)c2cc(Cl)ccc21. The molecule has 6 nitrogen and oxygen atoms in total. The summed E-state index contributed by atoms with van der Waals surface area (Å²) in [6.45, 7) is 0. The number of nitrogens with one attached hydrogen (secondary N) is 1. The van der Waals surface area contributed by atoms with Crippen LogP contribution in [0.25, 0.3) is 21.7 Å². The minimum Gasteiger partial charge on any atom is -0.506 e. The number of fused-ring (bicyclic) bond motifs is 2. The van der Waals surface area contributed by atoms with E-state index in [4.69, 9.17) is 23.8 Å². The second-order valence-corrected chi connectivity index (χ2v) is 8.40. The minimum absolute atomic E-state index is 0.0295. The van der Waals surface area contributed by atoms with Crippen molar-refractivity contribution in [1.29, 1.82) is 0 Å². The summed E-state index contributed by atoms with van der Waals surface area (Å²) in [6.07, 6.45) is 2.88. The van der Waals surface area contributed by atoms with Gasteiger partial charge in [0.2, 0.25) is 0 Å². The summed E-state index contributed by atoms with van der Waals surface area (Å²) in [7, 11) is 0. The Hall–Kier alpha value is -3.81. The van der Waals surface area contributed by atoms with Crippen molar-refractivity contribution in [2.24, 2.45) is 0 Å². The van der Waals surface area contributed by atoms with E-state index in [0.29, 0.717) is 27.1 Å². The number of benzene rings is 3. The Kier molecular flexibility index (Phi) is 5.28. The van der Waals surface area contributed by atoms with Gasteiger partial charge in [0.05, 0.1) is 17.3 Å². The van der Waals surface area contributed by atoms with Gasteiger partial charge in [-0.3, -0.25) is 19.1 Å². The van der Waals surface area contributed by atoms with Gasteiger partial charge in [-0.15, -0.1) is 0 Å². The van der Waals surface area contributed by atoms with Crippen molar-refractivity contribution < 1.29 is 9.90 Å². The van der Waals surface area contributed by atoms with Crippen LogP contribution in [0.2, 0.25) is 5.02 Å². The minimum atomic E-state index is -0.543. The third kappa shape index (κ3) is 3.82. The maximum atomic E-state index is 13.6. The molecule has 0 spiro atoms. The largest absolute Gasteiger partial charge is 0.506 e. The summed E-state index contributed by atoms with van der Waals surface area (Å²) < 4.78 is 1.52. The van der Waals surface area contributed by atoms with Crippen molar-refractivity contribution in [3.63, 3.8) is 0 Å². The quantitative estimate of drug-likeness (QED) is 0.349. The van der Waals surface area contributed by atoms with E-state index in [2.05, 4.69) is 9.97 Å². The summed E-state index contributed by atoms with van der Waals surface area (Å²) in [5.41, 5.74) is 1.40. The summed E-state index contributed by atoms with van der Waals surface area (Å²) in [6, 6.07) is 18.5. The van der Waals surface area contributed by atoms with Gasteiger partial charge < -0.3 is 5.11 Å². The fraction of sp³-hybridized carbons (Fsp3) is 0.0400. The average Bonchev–Trinajstić information content (AvgIpc) is 3.11. The zero-order valence-electron chi connectivity index (χ0n) is 17.1. The van der Waals surface area contributed by atoms with Crippen LogP contribution in [0.5, 0.6) is 5.75 Å². The first kappa shape index (κ1) is 21.1. The maximum absolute atomic E-state index is 13.6. The highest BCUT2D eigenvalue weighted by molar-refractivity contribution is 7.71. The molecule has 0 atom stereocenters. The molecule has 0 radical (unpaired) electrons. The average molecular weight is 474 g/mol. The van der Waals surface area contributed by atoms with Crippen LogP contribution in [0.1, 0.15) is 21.5 Å². The van der Waals surface area contributed by atoms with E-state index >= 15 is 0 Å². The molecule has 5 rings (SSSR count). The van der Waals surface area contributed by atoms with E-state index in [9.17, 15) is 14.7 Å². The zero-order chi connectivity index (χ0) is 23.1. The number of carbonyl (C=O) groups is 1. The molecule has 2 N–H and O–H groups in total. The second-order valence-electron chi connectivity index (χ2n) is 7.58. The molecule has 2 aromatic heterocycles. The van der Waals surface area contributed by atoms with Gasteiger partial charge in [-0.05, 0) is 52.8 Å². The molecule has 2 heterocycles. The molecule has 33 heavy (non-hydrogen) atoms. The van der Waals surface area contributed by atoms with Crippen molar-refractivity contribution in [3.05, 3.63) is 110 Å². The smallest absolute Gasteiger partial charge is 0.262 e. The second kappa shape index (κ2) is 8.27. The predicted molar refractivity (Wildman–Crippen MR) is 131 cm³/mol. The van der Waals surface area contributed by atoms with Crippen molar-refractivity contribution in [2.75, 3.05) is 0 Å². The molecule has 162 valence electrons. The topological polar surface area (TPSA) is 88.0 Å². The lowest BCUT2D eigenvalue weighted by molar-refractivity contribution is 0.0966. The third-order valence-electron chi connectivity index (χ3n) is 5.56. The molecular weight excluding hydrogens is 458 g/mol. The van der Waals surface area contributed by atoms with Crippen LogP contribution < -0.4 is 5.56 Å². The zero-order valence-corrected chi connectivity index (χ0v) is 18.7. The number of aromatic hydroxyl groups is 1. The molecule has 0 bridgehead atoms. The number of aromatic amines is 1. The van der Waals surface area contributed by atoms with Gasteiger partial charge in [-0.1, -0.05) is 48.0 Å². The third-order valence-corrected chi connectivity index (χ3v) is 6.01. The first-order valence-corrected chi connectivity index (χ1v) is 10.8. The Morgan fingerprint density at radius 2 is 1.88 bits per heavy atom. The molecular formula is C25H16ClN3O3S. The molecule has 5 aromatic rings. The molecule has 0 saturated carbocycles. The lowest BCUT2D eigenvalue weighted by Crippen LogP contribution is -2.12. The lowest BCUT2D eigenvalue weighted by Gasteiger charge is -2.08. The number of carbonyl (C=O) groups excluding carboxylic acids is 1. The van der Waals surface area contributed by atoms with Crippen LogP contribution in [0, 0.1) is 4.77 Å². The Balaban J connectivity index is 1.70. The molecule has 0 saturated heterocycles. The standard InChI is InChI=1S/C25H16ClN3O3S/c26-16-8-9-21-19(11-16)15(10-20-22(30)12-27-25(33)28-23(20)31)13-29(21)24(32)18-7-3-5-14-4-1-2-6-17(14)18/h1-9,11-13,30H,10H2,(H,28,31,33). The van der Waals surface area contributed by atoms with Crippen LogP contribution in [-0.2, 0) is 6.42 Å². The lowest BCUT2D eigenvalue weighted by atomic mass is 10.0. The van der Waals surface area contributed by atoms with Crippen LogP contribution in [0.4, 0.5) is 0 Å². The molecule has 0 amide bonds. The van der Waals surface area contributed by atoms with Gasteiger partial charge in [-0.25, -0.2) is 4.98 Å². The summed E-state index contributed by atoms with van der Waals surface area (Å²) in [5.74, 6) is -0.493. The summed E-state index contributed by atoms with van der Waals surface area (Å²) >= 11 is 11.2. The first-order valence-electron chi connectivity index (χ1n) is 10.1. The van der Waals surface area contributed by atoms with Crippen LogP contribution >= 0.6 is 23.8 Å². The fourth-order valence-corrected chi connectivity index (χ4v) is 4.32. The molecule has 0 aliphatic heterocycles. The number of rotatable bonds is 3. The van der Waals surface area contributed by atoms with E-state index in [0.717, 1.165) is 17.0 Å². The van der Waals surface area contributed by atoms with E-state index in [1.165, 1.54) is 0 Å². The number of aromatic nitrogens is 3. The van der Waals surface area contributed by atoms with Gasteiger partial charge in [0, 0.05) is 28.6 Å². The first-order chi connectivity index (χ1) is 15.9. The van der Waals surface area contributed by atoms with Crippen molar-refractivity contribution >= 4 is 51.4 Å². The number of hydrogen-bond acceptors (Lipinski definition) is 5. The van der Waals surface area contributed by atoms with Gasteiger partial charge in [0.25, 0.3) is 11.5 Å². The van der Waals surface area contributed by atoms with Gasteiger partial charge in [-0.2, -0.15) is 0 Å². The maximum Gasteiger partial charge on any atom is 0.262 e. The highest BCUT2D eigenvalue weighted by Crippen LogP contribution is 2.29. The van der Waals surface area contributed by atoms with E-state index in [1.807, 2.05) is 36.4 Å². The molecule has 8 heteroatoms. The molecule has 0 aliphatic carbocycles. The molecule has 3 aromatic carbocycles. The monoisotopic (exact) mass is 473 g/mol. The van der Waals surface area contributed by atoms with Crippen molar-refractivity contribution in [3.8, 4) is 5.75 Å². The van der Waals surface area contributed by atoms with E-state index in [-0.39, 0.29) is 28.4 Å². The molecule has 0 aliphatic rings. The van der Waals surface area contributed by atoms with Gasteiger partial charge >= 0.3 is 0 Å². The number of nitrogens with zero attached hydrogens (tertiary/aromatic N) is 2. The Morgan fingerprint density at radius 3 is 2.73 bits per heavy atom. The van der Waals surface area contributed by atoms with Crippen LogP contribution in [0.15, 0.2) is 77.9 Å². The Bertz CT molecular complexity index is 1690. The van der Waals surface area contributed by atoms with Crippen molar-refractivity contribution in [2.45, 2.75) is 6.42 Å². The van der Waals surface area contributed by atoms with Gasteiger partial charge in [0.15, 0.2) is 4.77 Å². The fourth-order valence-electron chi connectivity index (χ4n) is 4.00. The number of halogens is 1. The molecule has 0 unspecified atom stereocenters. The van der Waals surface area contributed by atoms with E-state index in [1.54, 1.807) is 35.0 Å². The number of H-pyrrole nitrogens is 1. The van der Waals surface area contributed by atoms with Crippen LogP contribution in [0.3, 0.4) is 0 Å². The van der Waals surface area contributed by atoms with E-state index < -0.39 is 5.56 Å².